The number of likely N-dealkylation sites (tertiary alicyclic amines) is 2. The minimum Gasteiger partial charge on any atom is -0.480 e. The van der Waals surface area contributed by atoms with E-state index in [0.717, 1.165) is 25.9 Å². The van der Waals surface area contributed by atoms with Crippen molar-refractivity contribution in [1.29, 1.82) is 0 Å². The summed E-state index contributed by atoms with van der Waals surface area (Å²) < 4.78 is 0. The number of rotatable bonds is 3. The number of hydrogen-bond donors (Lipinski definition) is 2. The van der Waals surface area contributed by atoms with Crippen molar-refractivity contribution < 1.29 is 19.8 Å². The van der Waals surface area contributed by atoms with Crippen LogP contribution in [0.2, 0.25) is 0 Å². The van der Waals surface area contributed by atoms with E-state index in [4.69, 9.17) is 5.11 Å². The Hall–Kier alpha value is -1.14. The Kier molecular flexibility index (Phi) is 3.87. The summed E-state index contributed by atoms with van der Waals surface area (Å²) in [5, 5.41) is 18.7. The van der Waals surface area contributed by atoms with Crippen LogP contribution in [0.1, 0.15) is 26.2 Å². The number of carbonyl (C=O) groups is 2. The molecule has 3 atom stereocenters. The Balaban J connectivity index is 2.04. The maximum Gasteiger partial charge on any atom is 0.321 e. The summed E-state index contributed by atoms with van der Waals surface area (Å²) in [4.78, 5) is 26.7. The van der Waals surface area contributed by atoms with Gasteiger partial charge < -0.3 is 15.1 Å². The molecule has 102 valence electrons. The maximum atomic E-state index is 12.2. The highest BCUT2D eigenvalue weighted by Crippen LogP contribution is 2.22. The second-order valence-electron chi connectivity index (χ2n) is 5.15. The van der Waals surface area contributed by atoms with Crippen molar-refractivity contribution in [2.24, 2.45) is 0 Å². The average Bonchev–Trinajstić information content (AvgIpc) is 2.95. The maximum absolute atomic E-state index is 12.2. The molecule has 1 amide bonds. The Morgan fingerprint density at radius 2 is 1.89 bits per heavy atom. The van der Waals surface area contributed by atoms with E-state index in [1.54, 1.807) is 16.7 Å². The zero-order valence-corrected chi connectivity index (χ0v) is 10.6. The first kappa shape index (κ1) is 13.3. The summed E-state index contributed by atoms with van der Waals surface area (Å²) in [6, 6.07) is -1.22. The van der Waals surface area contributed by atoms with E-state index in [1.165, 1.54) is 0 Å². The van der Waals surface area contributed by atoms with Gasteiger partial charge in [-0.05, 0) is 19.8 Å². The lowest BCUT2D eigenvalue weighted by Gasteiger charge is -2.30. The Bertz CT molecular complexity index is 341. The topological polar surface area (TPSA) is 81.1 Å². The van der Waals surface area contributed by atoms with Gasteiger partial charge in [-0.3, -0.25) is 14.5 Å². The second kappa shape index (κ2) is 5.24. The van der Waals surface area contributed by atoms with E-state index in [1.807, 2.05) is 0 Å². The van der Waals surface area contributed by atoms with Crippen LogP contribution in [0.15, 0.2) is 0 Å². The van der Waals surface area contributed by atoms with Crippen molar-refractivity contribution in [2.45, 2.75) is 44.4 Å². The van der Waals surface area contributed by atoms with Gasteiger partial charge in [-0.15, -0.1) is 0 Å². The molecular formula is C12H20N2O4. The summed E-state index contributed by atoms with van der Waals surface area (Å²) in [6.45, 7) is 3.51. The molecular weight excluding hydrogens is 236 g/mol. The van der Waals surface area contributed by atoms with Crippen LogP contribution in [-0.2, 0) is 9.59 Å². The van der Waals surface area contributed by atoms with Gasteiger partial charge >= 0.3 is 5.97 Å². The SMILES string of the molecule is CC(C(=O)N1CCCC1)N1CC(O)CC1C(=O)O. The van der Waals surface area contributed by atoms with E-state index in [-0.39, 0.29) is 18.9 Å². The molecule has 0 spiro atoms. The standard InChI is InChI=1S/C12H20N2O4/c1-8(11(16)13-4-2-3-5-13)14-7-9(15)6-10(14)12(17)18/h8-10,15H,2-7H2,1H3,(H,17,18). The first-order valence-corrected chi connectivity index (χ1v) is 6.46. The number of β-amino-alcohol motifs (C(OH)–C–C–N with tert-alkyl or cyclic N) is 1. The molecule has 2 rings (SSSR count). The normalized spacial score (nSPS) is 30.7. The summed E-state index contributed by atoms with van der Waals surface area (Å²) >= 11 is 0. The highest BCUT2D eigenvalue weighted by Gasteiger charge is 2.41. The molecule has 2 aliphatic rings. The molecule has 2 aliphatic heterocycles. The van der Waals surface area contributed by atoms with Gasteiger partial charge in [-0.1, -0.05) is 0 Å². The molecule has 6 heteroatoms. The van der Waals surface area contributed by atoms with Crippen LogP contribution in [-0.4, -0.2) is 69.7 Å². The number of hydrogen-bond acceptors (Lipinski definition) is 4. The highest BCUT2D eigenvalue weighted by molar-refractivity contribution is 5.83. The molecule has 2 N–H and O–H groups in total. The van der Waals surface area contributed by atoms with Gasteiger partial charge in [-0.2, -0.15) is 0 Å². The first-order valence-electron chi connectivity index (χ1n) is 6.46. The second-order valence-corrected chi connectivity index (χ2v) is 5.15. The number of carbonyl (C=O) groups excluding carboxylic acids is 1. The molecule has 0 aromatic heterocycles. The van der Waals surface area contributed by atoms with Crippen molar-refractivity contribution in [3.05, 3.63) is 0 Å². The molecule has 0 aliphatic carbocycles. The summed E-state index contributed by atoms with van der Waals surface area (Å²) in [5.74, 6) is -0.986. The fourth-order valence-corrected chi connectivity index (χ4v) is 2.85. The van der Waals surface area contributed by atoms with Crippen LogP contribution in [0.3, 0.4) is 0 Å². The number of nitrogens with zero attached hydrogens (tertiary/aromatic N) is 2. The molecule has 2 saturated heterocycles. The zero-order valence-electron chi connectivity index (χ0n) is 10.6. The van der Waals surface area contributed by atoms with Crippen molar-refractivity contribution in [3.63, 3.8) is 0 Å². The average molecular weight is 256 g/mol. The Morgan fingerprint density at radius 1 is 1.28 bits per heavy atom. The lowest BCUT2D eigenvalue weighted by atomic mass is 10.1. The third kappa shape index (κ3) is 2.49. The van der Waals surface area contributed by atoms with Crippen LogP contribution < -0.4 is 0 Å². The minimum absolute atomic E-state index is 0.0205. The molecule has 2 heterocycles. The van der Waals surface area contributed by atoms with E-state index in [0.29, 0.717) is 0 Å². The molecule has 0 saturated carbocycles. The van der Waals surface area contributed by atoms with Gasteiger partial charge in [0.15, 0.2) is 0 Å². The summed E-state index contributed by atoms with van der Waals surface area (Å²) in [7, 11) is 0. The highest BCUT2D eigenvalue weighted by atomic mass is 16.4. The van der Waals surface area contributed by atoms with Gasteiger partial charge in [0.1, 0.15) is 6.04 Å². The largest absolute Gasteiger partial charge is 0.480 e. The lowest BCUT2D eigenvalue weighted by Crippen LogP contribution is -2.50. The molecule has 6 nitrogen and oxygen atoms in total. The quantitative estimate of drug-likeness (QED) is 0.712. The predicted octanol–water partition coefficient (Wildman–Crippen LogP) is -0.483. The third-order valence-corrected chi connectivity index (χ3v) is 3.87. The fraction of sp³-hybridized carbons (Fsp3) is 0.833. The van der Waals surface area contributed by atoms with Gasteiger partial charge in [-0.25, -0.2) is 0 Å². The first-order chi connectivity index (χ1) is 8.50. The number of aliphatic hydroxyl groups is 1. The fourth-order valence-electron chi connectivity index (χ4n) is 2.85. The molecule has 0 radical (unpaired) electrons. The molecule has 0 aromatic rings. The van der Waals surface area contributed by atoms with Crippen LogP contribution >= 0.6 is 0 Å². The lowest BCUT2D eigenvalue weighted by molar-refractivity contribution is -0.145. The zero-order chi connectivity index (χ0) is 13.3. The van der Waals surface area contributed by atoms with E-state index < -0.39 is 24.2 Å². The number of amides is 1. The summed E-state index contributed by atoms with van der Waals surface area (Å²) in [6.07, 6.45) is 1.58. The van der Waals surface area contributed by atoms with Crippen LogP contribution in [0.4, 0.5) is 0 Å². The number of carboxylic acid groups (broad SMARTS) is 1. The minimum atomic E-state index is -0.965. The third-order valence-electron chi connectivity index (χ3n) is 3.87. The van der Waals surface area contributed by atoms with Crippen molar-refractivity contribution in [1.82, 2.24) is 9.80 Å². The van der Waals surface area contributed by atoms with Crippen molar-refractivity contribution >= 4 is 11.9 Å². The van der Waals surface area contributed by atoms with Gasteiger partial charge in [0, 0.05) is 26.1 Å². The molecule has 0 bridgehead atoms. The van der Waals surface area contributed by atoms with E-state index >= 15 is 0 Å². The molecule has 3 unspecified atom stereocenters. The number of aliphatic carboxylic acids is 1. The van der Waals surface area contributed by atoms with E-state index in [2.05, 4.69) is 0 Å². The van der Waals surface area contributed by atoms with Crippen molar-refractivity contribution in [3.8, 4) is 0 Å². The monoisotopic (exact) mass is 256 g/mol. The number of carboxylic acids is 1. The van der Waals surface area contributed by atoms with E-state index in [9.17, 15) is 14.7 Å². The smallest absolute Gasteiger partial charge is 0.321 e. The van der Waals surface area contributed by atoms with Gasteiger partial charge in [0.05, 0.1) is 12.1 Å². The van der Waals surface area contributed by atoms with Crippen molar-refractivity contribution in [2.75, 3.05) is 19.6 Å². The Labute approximate surface area is 106 Å². The number of aliphatic hydroxyl groups excluding tert-OH is 1. The van der Waals surface area contributed by atoms with Gasteiger partial charge in [0.25, 0.3) is 0 Å². The van der Waals surface area contributed by atoms with Crippen LogP contribution in [0.5, 0.6) is 0 Å². The summed E-state index contributed by atoms with van der Waals surface area (Å²) in [5.41, 5.74) is 0. The Morgan fingerprint density at radius 3 is 2.44 bits per heavy atom. The molecule has 2 fully saturated rings. The van der Waals surface area contributed by atoms with Crippen LogP contribution in [0, 0.1) is 0 Å². The molecule has 18 heavy (non-hydrogen) atoms. The molecule has 0 aromatic carbocycles. The van der Waals surface area contributed by atoms with Crippen LogP contribution in [0.25, 0.3) is 0 Å². The predicted molar refractivity (Wildman–Crippen MR) is 64.0 cm³/mol. The van der Waals surface area contributed by atoms with Gasteiger partial charge in [0.2, 0.25) is 5.91 Å².